The van der Waals surface area contributed by atoms with Gasteiger partial charge >= 0.3 is 0 Å². The predicted octanol–water partition coefficient (Wildman–Crippen LogP) is 3.84. The summed E-state index contributed by atoms with van der Waals surface area (Å²) in [7, 11) is 0. The van der Waals surface area contributed by atoms with Crippen molar-refractivity contribution in [2.24, 2.45) is 0 Å². The van der Waals surface area contributed by atoms with Crippen LogP contribution in [0.5, 0.6) is 5.75 Å². The van der Waals surface area contributed by atoms with Crippen LogP contribution in [0.2, 0.25) is 0 Å². The lowest BCUT2D eigenvalue weighted by atomic mass is 9.88. The SMILES string of the molecule is CC(=O)N1CCc2ccc(OC(C)C(=O)NCCc3ccccn3)cc2C1c1cccc(F)c1. The monoisotopic (exact) mass is 461 g/mol. The van der Waals surface area contributed by atoms with Gasteiger partial charge in [-0.05, 0) is 66.4 Å². The fraction of sp³-hybridized carbons (Fsp3) is 0.296. The first kappa shape index (κ1) is 23.4. The van der Waals surface area contributed by atoms with Crippen molar-refractivity contribution >= 4 is 11.8 Å². The molecule has 176 valence electrons. The van der Waals surface area contributed by atoms with Crippen molar-refractivity contribution < 1.29 is 18.7 Å². The number of nitrogens with one attached hydrogen (secondary N) is 1. The number of benzene rings is 2. The number of aromatic nitrogens is 1. The molecule has 0 saturated heterocycles. The Hall–Kier alpha value is -3.74. The van der Waals surface area contributed by atoms with E-state index in [0.29, 0.717) is 37.2 Å². The number of carbonyl (C=O) groups is 2. The molecule has 34 heavy (non-hydrogen) atoms. The van der Waals surface area contributed by atoms with E-state index in [2.05, 4.69) is 10.3 Å². The Morgan fingerprint density at radius 3 is 2.76 bits per heavy atom. The fourth-order valence-corrected chi connectivity index (χ4v) is 4.30. The lowest BCUT2D eigenvalue weighted by molar-refractivity contribution is -0.131. The summed E-state index contributed by atoms with van der Waals surface area (Å²) in [5, 5.41) is 2.88. The van der Waals surface area contributed by atoms with Gasteiger partial charge in [0.2, 0.25) is 5.91 Å². The van der Waals surface area contributed by atoms with E-state index in [4.69, 9.17) is 4.74 Å². The molecule has 2 heterocycles. The normalized spacial score (nSPS) is 15.9. The first-order valence-corrected chi connectivity index (χ1v) is 11.4. The number of pyridine rings is 1. The lowest BCUT2D eigenvalue weighted by Crippen LogP contribution is -2.39. The molecule has 6 nitrogen and oxygen atoms in total. The maximum atomic E-state index is 14.0. The third kappa shape index (κ3) is 5.42. The predicted molar refractivity (Wildman–Crippen MR) is 127 cm³/mol. The molecule has 1 aliphatic heterocycles. The van der Waals surface area contributed by atoms with Gasteiger partial charge in [0.15, 0.2) is 6.10 Å². The summed E-state index contributed by atoms with van der Waals surface area (Å²) >= 11 is 0. The summed E-state index contributed by atoms with van der Waals surface area (Å²) in [5.41, 5.74) is 3.57. The Morgan fingerprint density at radius 1 is 1.18 bits per heavy atom. The highest BCUT2D eigenvalue weighted by Gasteiger charge is 2.31. The molecule has 0 bridgehead atoms. The summed E-state index contributed by atoms with van der Waals surface area (Å²) in [4.78, 5) is 30.9. The van der Waals surface area contributed by atoms with Crippen molar-refractivity contribution in [1.29, 1.82) is 0 Å². The second kappa shape index (κ2) is 10.5. The van der Waals surface area contributed by atoms with Crippen LogP contribution in [-0.4, -0.2) is 40.9 Å². The summed E-state index contributed by atoms with van der Waals surface area (Å²) in [6.07, 6.45) is 2.35. The van der Waals surface area contributed by atoms with E-state index in [9.17, 15) is 14.0 Å². The Labute approximate surface area is 198 Å². The molecule has 1 aliphatic rings. The Bertz CT molecular complexity index is 1170. The molecule has 1 N–H and O–H groups in total. The van der Waals surface area contributed by atoms with Crippen LogP contribution in [0.15, 0.2) is 66.9 Å². The number of rotatable bonds is 7. The van der Waals surface area contributed by atoms with Gasteiger partial charge in [0, 0.05) is 38.3 Å². The molecule has 0 fully saturated rings. The number of hydrogen-bond acceptors (Lipinski definition) is 4. The van der Waals surface area contributed by atoms with E-state index >= 15 is 0 Å². The minimum absolute atomic E-state index is 0.0770. The third-order valence-electron chi connectivity index (χ3n) is 6.00. The average molecular weight is 462 g/mol. The highest BCUT2D eigenvalue weighted by Crippen LogP contribution is 2.37. The van der Waals surface area contributed by atoms with Gasteiger partial charge in [-0.25, -0.2) is 4.39 Å². The lowest BCUT2D eigenvalue weighted by Gasteiger charge is -2.37. The summed E-state index contributed by atoms with van der Waals surface area (Å²) in [6.45, 7) is 4.23. The molecule has 0 radical (unpaired) electrons. The van der Waals surface area contributed by atoms with Gasteiger partial charge in [-0.2, -0.15) is 0 Å². The molecule has 4 rings (SSSR count). The van der Waals surface area contributed by atoms with Crippen LogP contribution in [0.3, 0.4) is 0 Å². The quantitative estimate of drug-likeness (QED) is 0.580. The molecule has 3 aromatic rings. The number of nitrogens with zero attached hydrogens (tertiary/aromatic N) is 2. The highest BCUT2D eigenvalue weighted by molar-refractivity contribution is 5.80. The van der Waals surface area contributed by atoms with Gasteiger partial charge in [-0.15, -0.1) is 0 Å². The molecule has 7 heteroatoms. The number of amides is 2. The number of hydrogen-bond donors (Lipinski definition) is 1. The van der Waals surface area contributed by atoms with Crippen molar-refractivity contribution in [2.45, 2.75) is 38.8 Å². The van der Waals surface area contributed by atoms with Gasteiger partial charge in [0.25, 0.3) is 5.91 Å². The summed E-state index contributed by atoms with van der Waals surface area (Å²) < 4.78 is 19.9. The van der Waals surface area contributed by atoms with Crippen molar-refractivity contribution in [2.75, 3.05) is 13.1 Å². The largest absolute Gasteiger partial charge is 0.481 e. The first-order valence-electron chi connectivity index (χ1n) is 11.4. The van der Waals surface area contributed by atoms with Crippen molar-refractivity contribution in [3.8, 4) is 5.75 Å². The topological polar surface area (TPSA) is 71.5 Å². The zero-order valence-corrected chi connectivity index (χ0v) is 19.3. The zero-order valence-electron chi connectivity index (χ0n) is 19.3. The van der Waals surface area contributed by atoms with E-state index in [-0.39, 0.29) is 17.6 Å². The van der Waals surface area contributed by atoms with E-state index < -0.39 is 12.1 Å². The van der Waals surface area contributed by atoms with Crippen molar-refractivity contribution in [3.05, 3.63) is 95.1 Å². The Kier molecular flexibility index (Phi) is 7.21. The van der Waals surface area contributed by atoms with Gasteiger partial charge in [-0.1, -0.05) is 24.3 Å². The number of halogens is 1. The second-order valence-corrected chi connectivity index (χ2v) is 8.40. The number of carbonyl (C=O) groups excluding carboxylic acids is 2. The summed E-state index contributed by atoms with van der Waals surface area (Å²) in [5.74, 6) is -0.123. The molecular weight excluding hydrogens is 433 g/mol. The summed E-state index contributed by atoms with van der Waals surface area (Å²) in [6, 6.07) is 17.2. The maximum Gasteiger partial charge on any atom is 0.260 e. The minimum atomic E-state index is -0.707. The smallest absolute Gasteiger partial charge is 0.260 e. The van der Waals surface area contributed by atoms with Crippen LogP contribution in [0, 0.1) is 5.82 Å². The van der Waals surface area contributed by atoms with Crippen LogP contribution >= 0.6 is 0 Å². The molecule has 0 aliphatic carbocycles. The van der Waals surface area contributed by atoms with Gasteiger partial charge in [-0.3, -0.25) is 14.6 Å². The molecule has 1 aromatic heterocycles. The van der Waals surface area contributed by atoms with Crippen molar-refractivity contribution in [1.82, 2.24) is 15.2 Å². The first-order chi connectivity index (χ1) is 16.4. The van der Waals surface area contributed by atoms with Gasteiger partial charge < -0.3 is 15.0 Å². The zero-order chi connectivity index (χ0) is 24.1. The average Bonchev–Trinajstić information content (AvgIpc) is 2.83. The fourth-order valence-electron chi connectivity index (χ4n) is 4.30. The standard InChI is InChI=1S/C27H28FN3O3/c1-18(27(33)30-14-11-23-8-3-4-13-29-23)34-24-10-9-20-12-15-31(19(2)32)26(25(20)17-24)21-6-5-7-22(28)16-21/h3-10,13,16-18,26H,11-12,14-15H2,1-2H3,(H,30,33). The van der Waals surface area contributed by atoms with Crippen molar-refractivity contribution in [3.63, 3.8) is 0 Å². The second-order valence-electron chi connectivity index (χ2n) is 8.40. The Morgan fingerprint density at radius 2 is 2.03 bits per heavy atom. The van der Waals surface area contributed by atoms with Crippen LogP contribution in [-0.2, 0) is 22.4 Å². The molecular formula is C27H28FN3O3. The minimum Gasteiger partial charge on any atom is -0.481 e. The van der Waals surface area contributed by atoms with Crippen LogP contribution in [0.1, 0.15) is 42.3 Å². The van der Waals surface area contributed by atoms with Crippen LogP contribution in [0.4, 0.5) is 4.39 Å². The van der Waals surface area contributed by atoms with E-state index in [0.717, 1.165) is 16.8 Å². The molecule has 0 spiro atoms. The van der Waals surface area contributed by atoms with E-state index in [1.54, 1.807) is 24.1 Å². The molecule has 0 saturated carbocycles. The van der Waals surface area contributed by atoms with E-state index in [1.165, 1.54) is 19.1 Å². The molecule has 2 amide bonds. The van der Waals surface area contributed by atoms with Gasteiger partial charge in [0.05, 0.1) is 6.04 Å². The maximum absolute atomic E-state index is 14.0. The number of ether oxygens (including phenoxy) is 1. The van der Waals surface area contributed by atoms with Crippen LogP contribution in [0.25, 0.3) is 0 Å². The Balaban J connectivity index is 1.49. The molecule has 2 unspecified atom stereocenters. The number of fused-ring (bicyclic) bond motifs is 1. The molecule has 2 atom stereocenters. The van der Waals surface area contributed by atoms with Gasteiger partial charge in [0.1, 0.15) is 11.6 Å². The third-order valence-corrected chi connectivity index (χ3v) is 6.00. The van der Waals surface area contributed by atoms with E-state index in [1.807, 2.05) is 42.5 Å². The highest BCUT2D eigenvalue weighted by atomic mass is 19.1. The van der Waals surface area contributed by atoms with Crippen LogP contribution < -0.4 is 10.1 Å². The molecule has 2 aromatic carbocycles.